The third-order valence-electron chi connectivity index (χ3n) is 2.38. The molecule has 0 radical (unpaired) electrons. The van der Waals surface area contributed by atoms with Crippen LogP contribution in [0.4, 0.5) is 0 Å². The lowest BCUT2D eigenvalue weighted by Gasteiger charge is -2.25. The van der Waals surface area contributed by atoms with E-state index >= 15 is 0 Å². The van der Waals surface area contributed by atoms with Crippen LogP contribution >= 0.6 is 0 Å². The predicted octanol–water partition coefficient (Wildman–Crippen LogP) is -0.371. The Labute approximate surface area is 87.5 Å². The van der Waals surface area contributed by atoms with Crippen molar-refractivity contribution in [3.05, 3.63) is 24.0 Å². The van der Waals surface area contributed by atoms with Gasteiger partial charge in [0.05, 0.1) is 18.8 Å². The van der Waals surface area contributed by atoms with Crippen molar-refractivity contribution < 1.29 is 9.59 Å². The molecule has 1 aliphatic heterocycles. The number of ketones is 1. The number of H-pyrrole nitrogens is 1. The number of Topliss-reactive ketones (excluding diaryl/α,β-unsaturated/α-hetero) is 1. The van der Waals surface area contributed by atoms with E-state index < -0.39 is 0 Å². The first-order valence-electron chi connectivity index (χ1n) is 4.91. The molecule has 1 aromatic heterocycles. The van der Waals surface area contributed by atoms with Crippen LogP contribution in [0.15, 0.2) is 18.3 Å². The molecule has 1 aliphatic rings. The van der Waals surface area contributed by atoms with Gasteiger partial charge in [-0.3, -0.25) is 14.5 Å². The highest BCUT2D eigenvalue weighted by Gasteiger charge is 2.19. The molecular formula is C10H13N3O2. The van der Waals surface area contributed by atoms with Gasteiger partial charge in [0.25, 0.3) is 0 Å². The van der Waals surface area contributed by atoms with Crippen molar-refractivity contribution in [3.63, 3.8) is 0 Å². The zero-order chi connectivity index (χ0) is 10.7. The highest BCUT2D eigenvalue weighted by molar-refractivity contribution is 5.96. The van der Waals surface area contributed by atoms with Crippen LogP contribution in [0.1, 0.15) is 10.5 Å². The average molecular weight is 207 g/mol. The second-order valence-corrected chi connectivity index (χ2v) is 3.57. The molecule has 2 N–H and O–H groups in total. The standard InChI is InChI=1S/C10H13N3O2/c14-9(8-2-1-3-11-8)6-13-5-4-12-10(15)7-13/h1-3,11H,4-7H2,(H,12,15). The van der Waals surface area contributed by atoms with Crippen molar-refractivity contribution in [2.24, 2.45) is 0 Å². The topological polar surface area (TPSA) is 65.2 Å². The van der Waals surface area contributed by atoms with Gasteiger partial charge in [0.1, 0.15) is 0 Å². The maximum absolute atomic E-state index is 11.7. The Hall–Kier alpha value is -1.62. The van der Waals surface area contributed by atoms with Crippen LogP contribution in [0.2, 0.25) is 0 Å². The van der Waals surface area contributed by atoms with E-state index in [0.717, 1.165) is 6.54 Å². The summed E-state index contributed by atoms with van der Waals surface area (Å²) in [4.78, 5) is 27.5. The summed E-state index contributed by atoms with van der Waals surface area (Å²) >= 11 is 0. The Morgan fingerprint density at radius 2 is 2.40 bits per heavy atom. The van der Waals surface area contributed by atoms with E-state index in [1.165, 1.54) is 0 Å². The number of rotatable bonds is 3. The van der Waals surface area contributed by atoms with E-state index in [0.29, 0.717) is 25.3 Å². The lowest BCUT2D eigenvalue weighted by atomic mass is 10.2. The lowest BCUT2D eigenvalue weighted by Crippen LogP contribution is -2.49. The molecule has 2 heterocycles. The molecule has 80 valence electrons. The van der Waals surface area contributed by atoms with Crippen LogP contribution < -0.4 is 5.32 Å². The number of aromatic amines is 1. The number of amides is 1. The number of aromatic nitrogens is 1. The molecule has 15 heavy (non-hydrogen) atoms. The summed E-state index contributed by atoms with van der Waals surface area (Å²) < 4.78 is 0. The molecule has 1 amide bonds. The molecule has 0 aromatic carbocycles. The van der Waals surface area contributed by atoms with Gasteiger partial charge in [0.15, 0.2) is 5.78 Å². The Morgan fingerprint density at radius 1 is 1.53 bits per heavy atom. The summed E-state index contributed by atoms with van der Waals surface area (Å²) in [6.07, 6.45) is 1.72. The molecule has 1 aromatic rings. The van der Waals surface area contributed by atoms with Crippen LogP contribution in [-0.4, -0.2) is 47.8 Å². The van der Waals surface area contributed by atoms with Gasteiger partial charge in [0, 0.05) is 19.3 Å². The van der Waals surface area contributed by atoms with Crippen LogP contribution in [0.25, 0.3) is 0 Å². The van der Waals surface area contributed by atoms with E-state index in [4.69, 9.17) is 0 Å². The Morgan fingerprint density at radius 3 is 3.07 bits per heavy atom. The number of nitrogens with zero attached hydrogens (tertiary/aromatic N) is 1. The fraction of sp³-hybridized carbons (Fsp3) is 0.400. The van der Waals surface area contributed by atoms with Crippen molar-refractivity contribution in [2.75, 3.05) is 26.2 Å². The average Bonchev–Trinajstić information content (AvgIpc) is 2.70. The summed E-state index contributed by atoms with van der Waals surface area (Å²) in [6.45, 7) is 1.97. The molecule has 0 spiro atoms. The molecule has 5 heteroatoms. The van der Waals surface area contributed by atoms with Gasteiger partial charge in [0.2, 0.25) is 5.91 Å². The number of carbonyl (C=O) groups excluding carboxylic acids is 2. The number of hydrogen-bond acceptors (Lipinski definition) is 3. The normalized spacial score (nSPS) is 17.5. The lowest BCUT2D eigenvalue weighted by molar-refractivity contribution is -0.123. The minimum absolute atomic E-state index is 0.0134. The van der Waals surface area contributed by atoms with E-state index in [9.17, 15) is 9.59 Å². The van der Waals surface area contributed by atoms with Crippen LogP contribution in [0, 0.1) is 0 Å². The molecule has 2 rings (SSSR count). The monoisotopic (exact) mass is 207 g/mol. The van der Waals surface area contributed by atoms with Gasteiger partial charge in [-0.15, -0.1) is 0 Å². The largest absolute Gasteiger partial charge is 0.359 e. The molecule has 1 saturated heterocycles. The van der Waals surface area contributed by atoms with Crippen molar-refractivity contribution >= 4 is 11.7 Å². The van der Waals surface area contributed by atoms with Crippen LogP contribution in [0.5, 0.6) is 0 Å². The summed E-state index contributed by atoms with van der Waals surface area (Å²) in [6, 6.07) is 3.53. The molecular weight excluding hydrogens is 194 g/mol. The van der Waals surface area contributed by atoms with Gasteiger partial charge >= 0.3 is 0 Å². The molecule has 5 nitrogen and oxygen atoms in total. The van der Waals surface area contributed by atoms with Gasteiger partial charge in [-0.2, -0.15) is 0 Å². The first kappa shape index (κ1) is 9.92. The highest BCUT2D eigenvalue weighted by Crippen LogP contribution is 2.00. The van der Waals surface area contributed by atoms with Crippen LogP contribution in [0.3, 0.4) is 0 Å². The summed E-state index contributed by atoms with van der Waals surface area (Å²) in [5.41, 5.74) is 0.598. The second-order valence-electron chi connectivity index (χ2n) is 3.57. The molecule has 1 fully saturated rings. The van der Waals surface area contributed by atoms with Crippen molar-refractivity contribution in [1.82, 2.24) is 15.2 Å². The smallest absolute Gasteiger partial charge is 0.234 e. The second kappa shape index (κ2) is 4.27. The number of piperazine rings is 1. The number of carbonyl (C=O) groups is 2. The summed E-state index contributed by atoms with van der Waals surface area (Å²) in [5.74, 6) is 0.00948. The molecule has 0 bridgehead atoms. The van der Waals surface area contributed by atoms with E-state index in [1.54, 1.807) is 18.3 Å². The number of nitrogens with one attached hydrogen (secondary N) is 2. The number of hydrogen-bond donors (Lipinski definition) is 2. The van der Waals surface area contributed by atoms with E-state index in [-0.39, 0.29) is 11.7 Å². The molecule has 0 saturated carbocycles. The Balaban J connectivity index is 1.91. The third-order valence-corrected chi connectivity index (χ3v) is 2.38. The molecule has 0 unspecified atom stereocenters. The minimum atomic E-state index is -0.0134. The minimum Gasteiger partial charge on any atom is -0.359 e. The van der Waals surface area contributed by atoms with Gasteiger partial charge in [-0.1, -0.05) is 0 Å². The zero-order valence-electron chi connectivity index (χ0n) is 8.32. The molecule has 0 aliphatic carbocycles. The zero-order valence-corrected chi connectivity index (χ0v) is 8.32. The summed E-state index contributed by atoms with van der Waals surface area (Å²) in [5, 5.41) is 2.72. The predicted molar refractivity (Wildman–Crippen MR) is 54.6 cm³/mol. The maximum Gasteiger partial charge on any atom is 0.234 e. The van der Waals surface area contributed by atoms with Gasteiger partial charge < -0.3 is 10.3 Å². The van der Waals surface area contributed by atoms with E-state index in [2.05, 4.69) is 10.3 Å². The fourth-order valence-corrected chi connectivity index (χ4v) is 1.62. The third kappa shape index (κ3) is 2.44. The Kier molecular flexibility index (Phi) is 2.82. The van der Waals surface area contributed by atoms with Gasteiger partial charge in [-0.05, 0) is 12.1 Å². The first-order chi connectivity index (χ1) is 7.25. The SMILES string of the molecule is O=C1CN(CC(=O)c2ccc[nH]2)CCN1. The van der Waals surface area contributed by atoms with Gasteiger partial charge in [-0.25, -0.2) is 0 Å². The summed E-state index contributed by atoms with van der Waals surface area (Å²) in [7, 11) is 0. The Bertz CT molecular complexity index is 359. The quantitative estimate of drug-likeness (QED) is 0.665. The maximum atomic E-state index is 11.7. The fourth-order valence-electron chi connectivity index (χ4n) is 1.62. The van der Waals surface area contributed by atoms with Crippen molar-refractivity contribution in [3.8, 4) is 0 Å². The van der Waals surface area contributed by atoms with Crippen molar-refractivity contribution in [2.45, 2.75) is 0 Å². The first-order valence-corrected chi connectivity index (χ1v) is 4.91. The molecule has 0 atom stereocenters. The van der Waals surface area contributed by atoms with Crippen LogP contribution in [-0.2, 0) is 4.79 Å². The highest BCUT2D eigenvalue weighted by atomic mass is 16.2. The van der Waals surface area contributed by atoms with Crippen molar-refractivity contribution in [1.29, 1.82) is 0 Å². The van der Waals surface area contributed by atoms with E-state index in [1.807, 2.05) is 4.90 Å².